The van der Waals surface area contributed by atoms with Gasteiger partial charge in [0, 0.05) is 5.92 Å². The molecule has 0 bridgehead atoms. The van der Waals surface area contributed by atoms with Crippen molar-refractivity contribution in [3.05, 3.63) is 70.5 Å². The summed E-state index contributed by atoms with van der Waals surface area (Å²) >= 11 is 0. The maximum atomic E-state index is 13.8. The highest BCUT2D eigenvalue weighted by Gasteiger charge is 2.14. The average Bonchev–Trinajstić information content (AvgIpc) is 2.41. The lowest BCUT2D eigenvalue weighted by Crippen LogP contribution is -2.16. The molecule has 0 aliphatic heterocycles. The summed E-state index contributed by atoms with van der Waals surface area (Å²) in [6, 6.07) is 13.3. The Balaban J connectivity index is 2.24. The van der Waals surface area contributed by atoms with E-state index in [0.717, 1.165) is 6.42 Å². The van der Waals surface area contributed by atoms with Crippen molar-refractivity contribution >= 4 is 0 Å². The van der Waals surface area contributed by atoms with Gasteiger partial charge in [-0.1, -0.05) is 36.4 Å². The molecule has 0 aromatic heterocycles. The molecule has 0 amide bonds. The van der Waals surface area contributed by atoms with Crippen LogP contribution in [0.3, 0.4) is 0 Å². The summed E-state index contributed by atoms with van der Waals surface area (Å²) in [5.41, 5.74) is 10.3. The van der Waals surface area contributed by atoms with Gasteiger partial charge in [0.2, 0.25) is 0 Å². The maximum Gasteiger partial charge on any atom is 0.126 e. The lowest BCUT2D eigenvalue weighted by molar-refractivity contribution is 0.575. The van der Waals surface area contributed by atoms with E-state index in [2.05, 4.69) is 32.0 Å². The minimum Gasteiger partial charge on any atom is -0.330 e. The van der Waals surface area contributed by atoms with Gasteiger partial charge in [0.15, 0.2) is 0 Å². The zero-order valence-corrected chi connectivity index (χ0v) is 11.5. The molecule has 2 aromatic carbocycles. The van der Waals surface area contributed by atoms with Gasteiger partial charge in [-0.05, 0) is 55.1 Å². The van der Waals surface area contributed by atoms with Gasteiger partial charge in [0.25, 0.3) is 0 Å². The normalized spacial score (nSPS) is 12.4. The Kier molecular flexibility index (Phi) is 4.33. The minimum atomic E-state index is -0.165. The van der Waals surface area contributed by atoms with E-state index in [1.807, 2.05) is 12.1 Å². The topological polar surface area (TPSA) is 26.0 Å². The van der Waals surface area contributed by atoms with Crippen LogP contribution in [0.4, 0.5) is 4.39 Å². The summed E-state index contributed by atoms with van der Waals surface area (Å²) in [6.45, 7) is 4.64. The summed E-state index contributed by atoms with van der Waals surface area (Å²) in [5, 5.41) is 0. The minimum absolute atomic E-state index is 0.0308. The lowest BCUT2D eigenvalue weighted by atomic mass is 9.90. The van der Waals surface area contributed by atoms with Crippen LogP contribution >= 0.6 is 0 Å². The summed E-state index contributed by atoms with van der Waals surface area (Å²) in [6.07, 6.45) is 0.776. The zero-order chi connectivity index (χ0) is 13.8. The average molecular weight is 257 g/mol. The Morgan fingerprint density at radius 2 is 1.79 bits per heavy atom. The molecule has 0 saturated carbocycles. The molecular weight excluding hydrogens is 237 g/mol. The molecule has 0 aliphatic rings. The molecule has 2 heteroatoms. The van der Waals surface area contributed by atoms with Gasteiger partial charge in [-0.2, -0.15) is 0 Å². The first kappa shape index (κ1) is 13.8. The van der Waals surface area contributed by atoms with E-state index in [0.29, 0.717) is 12.1 Å². The number of hydrogen-bond donors (Lipinski definition) is 1. The van der Waals surface area contributed by atoms with Crippen LogP contribution in [-0.4, -0.2) is 6.54 Å². The quantitative estimate of drug-likeness (QED) is 0.887. The van der Waals surface area contributed by atoms with Crippen LogP contribution in [0.25, 0.3) is 0 Å². The molecule has 2 aromatic rings. The standard InChI is InChI=1S/C17H20FN/c1-12-7-8-14(9-13(12)2)10-15(11-19)16-5-3-4-6-17(16)18/h3-9,15H,10-11,19H2,1-2H3. The van der Waals surface area contributed by atoms with Crippen molar-refractivity contribution in [1.29, 1.82) is 0 Å². The summed E-state index contributed by atoms with van der Waals surface area (Å²) in [4.78, 5) is 0. The summed E-state index contributed by atoms with van der Waals surface area (Å²) < 4.78 is 13.8. The van der Waals surface area contributed by atoms with E-state index in [1.54, 1.807) is 6.07 Å². The monoisotopic (exact) mass is 257 g/mol. The third-order valence-electron chi connectivity index (χ3n) is 3.68. The number of nitrogens with two attached hydrogens (primary N) is 1. The van der Waals surface area contributed by atoms with Crippen molar-refractivity contribution in [2.45, 2.75) is 26.2 Å². The molecule has 100 valence electrons. The fourth-order valence-electron chi connectivity index (χ4n) is 2.34. The Labute approximate surface area is 114 Å². The molecule has 0 spiro atoms. The van der Waals surface area contributed by atoms with Gasteiger partial charge < -0.3 is 5.73 Å². The molecule has 0 fully saturated rings. The molecule has 19 heavy (non-hydrogen) atoms. The molecule has 0 radical (unpaired) electrons. The fraction of sp³-hybridized carbons (Fsp3) is 0.294. The van der Waals surface area contributed by atoms with Crippen LogP contribution in [0.15, 0.2) is 42.5 Å². The van der Waals surface area contributed by atoms with Crippen molar-refractivity contribution in [1.82, 2.24) is 0 Å². The number of rotatable bonds is 4. The van der Waals surface area contributed by atoms with E-state index in [4.69, 9.17) is 5.73 Å². The maximum absolute atomic E-state index is 13.8. The molecular formula is C17H20FN. The molecule has 1 nitrogen and oxygen atoms in total. The molecule has 0 saturated heterocycles. The molecule has 1 atom stereocenters. The Morgan fingerprint density at radius 1 is 1.05 bits per heavy atom. The lowest BCUT2D eigenvalue weighted by Gasteiger charge is -2.16. The van der Waals surface area contributed by atoms with Gasteiger partial charge in [-0.3, -0.25) is 0 Å². The first-order chi connectivity index (χ1) is 9.11. The van der Waals surface area contributed by atoms with Gasteiger partial charge in [0.1, 0.15) is 5.82 Å². The fourth-order valence-corrected chi connectivity index (χ4v) is 2.34. The van der Waals surface area contributed by atoms with Crippen LogP contribution in [-0.2, 0) is 6.42 Å². The predicted molar refractivity (Wildman–Crippen MR) is 77.8 cm³/mol. The molecule has 0 aliphatic carbocycles. The van der Waals surface area contributed by atoms with Crippen LogP contribution in [0, 0.1) is 19.7 Å². The van der Waals surface area contributed by atoms with E-state index in [-0.39, 0.29) is 11.7 Å². The van der Waals surface area contributed by atoms with E-state index in [1.165, 1.54) is 22.8 Å². The SMILES string of the molecule is Cc1ccc(CC(CN)c2ccccc2F)cc1C. The van der Waals surface area contributed by atoms with E-state index >= 15 is 0 Å². The van der Waals surface area contributed by atoms with Gasteiger partial charge in [-0.15, -0.1) is 0 Å². The van der Waals surface area contributed by atoms with Crippen LogP contribution < -0.4 is 5.73 Å². The third-order valence-corrected chi connectivity index (χ3v) is 3.68. The smallest absolute Gasteiger partial charge is 0.126 e. The first-order valence-corrected chi connectivity index (χ1v) is 6.62. The Morgan fingerprint density at radius 3 is 2.42 bits per heavy atom. The molecule has 1 unspecified atom stereocenters. The van der Waals surface area contributed by atoms with Gasteiger partial charge in [-0.25, -0.2) is 4.39 Å². The number of halogens is 1. The highest BCUT2D eigenvalue weighted by Crippen LogP contribution is 2.23. The second-order valence-electron chi connectivity index (χ2n) is 5.08. The molecule has 2 rings (SSSR count). The Bertz CT molecular complexity index is 563. The van der Waals surface area contributed by atoms with E-state index in [9.17, 15) is 4.39 Å². The second kappa shape index (κ2) is 5.98. The Hall–Kier alpha value is -1.67. The van der Waals surface area contributed by atoms with Gasteiger partial charge in [0.05, 0.1) is 0 Å². The summed E-state index contributed by atoms with van der Waals surface area (Å²) in [5.74, 6) is -0.134. The molecule has 2 N–H and O–H groups in total. The predicted octanol–water partition coefficient (Wildman–Crippen LogP) is 3.73. The highest BCUT2D eigenvalue weighted by molar-refractivity contribution is 5.32. The largest absolute Gasteiger partial charge is 0.330 e. The van der Waals surface area contributed by atoms with Crippen molar-refractivity contribution in [3.63, 3.8) is 0 Å². The van der Waals surface area contributed by atoms with Crippen molar-refractivity contribution < 1.29 is 4.39 Å². The highest BCUT2D eigenvalue weighted by atomic mass is 19.1. The first-order valence-electron chi connectivity index (χ1n) is 6.62. The van der Waals surface area contributed by atoms with Crippen molar-refractivity contribution in [2.75, 3.05) is 6.54 Å². The zero-order valence-electron chi connectivity index (χ0n) is 11.5. The second-order valence-corrected chi connectivity index (χ2v) is 5.08. The van der Waals surface area contributed by atoms with E-state index < -0.39 is 0 Å². The van der Waals surface area contributed by atoms with Crippen LogP contribution in [0.2, 0.25) is 0 Å². The van der Waals surface area contributed by atoms with Gasteiger partial charge >= 0.3 is 0 Å². The van der Waals surface area contributed by atoms with Crippen molar-refractivity contribution in [3.8, 4) is 0 Å². The van der Waals surface area contributed by atoms with Crippen LogP contribution in [0.5, 0.6) is 0 Å². The summed E-state index contributed by atoms with van der Waals surface area (Å²) in [7, 11) is 0. The number of hydrogen-bond acceptors (Lipinski definition) is 1. The third kappa shape index (κ3) is 3.21. The molecule has 0 heterocycles. The van der Waals surface area contributed by atoms with Crippen LogP contribution in [0.1, 0.15) is 28.2 Å². The number of aryl methyl sites for hydroxylation is 2. The van der Waals surface area contributed by atoms with Crippen molar-refractivity contribution in [2.24, 2.45) is 5.73 Å². The number of benzene rings is 2.